The molecule has 0 spiro atoms. The van der Waals surface area contributed by atoms with Crippen molar-refractivity contribution in [1.82, 2.24) is 9.78 Å². The molecule has 5 heteroatoms. The summed E-state index contributed by atoms with van der Waals surface area (Å²) in [4.78, 5) is 23.0. The van der Waals surface area contributed by atoms with Crippen LogP contribution in [0.15, 0.2) is 0 Å². The monoisotopic (exact) mass is 222 g/mol. The van der Waals surface area contributed by atoms with Crippen molar-refractivity contribution in [3.63, 3.8) is 0 Å². The fraction of sp³-hybridized carbons (Fsp3) is 0.545. The Labute approximate surface area is 93.1 Å². The van der Waals surface area contributed by atoms with Gasteiger partial charge in [0.05, 0.1) is 0 Å². The molecule has 0 aliphatic heterocycles. The van der Waals surface area contributed by atoms with Crippen molar-refractivity contribution in [2.24, 2.45) is 13.0 Å². The lowest BCUT2D eigenvalue weighted by molar-refractivity contribution is 0.0688. The van der Waals surface area contributed by atoms with Crippen LogP contribution in [0.3, 0.4) is 0 Å². The Bertz CT molecular complexity index is 476. The van der Waals surface area contributed by atoms with Gasteiger partial charge in [-0.3, -0.25) is 9.48 Å². The molecule has 1 N–H and O–H groups in total. The number of nitrogens with zero attached hydrogens (tertiary/aromatic N) is 2. The van der Waals surface area contributed by atoms with Crippen molar-refractivity contribution < 1.29 is 14.7 Å². The fourth-order valence-electron chi connectivity index (χ4n) is 2.45. The SMILES string of the molecule is CC1CC(C)c2c(C(=O)O)nn(C)c2C1=O. The van der Waals surface area contributed by atoms with Crippen LogP contribution in [0.25, 0.3) is 0 Å². The summed E-state index contributed by atoms with van der Waals surface area (Å²) in [7, 11) is 1.62. The predicted molar refractivity (Wildman–Crippen MR) is 56.7 cm³/mol. The van der Waals surface area contributed by atoms with Gasteiger partial charge in [0.1, 0.15) is 5.69 Å². The van der Waals surface area contributed by atoms with E-state index in [2.05, 4.69) is 5.10 Å². The Morgan fingerprint density at radius 1 is 1.44 bits per heavy atom. The van der Waals surface area contributed by atoms with Gasteiger partial charge in [-0.05, 0) is 12.3 Å². The van der Waals surface area contributed by atoms with Crippen molar-refractivity contribution in [2.75, 3.05) is 0 Å². The average Bonchev–Trinajstić information content (AvgIpc) is 2.53. The van der Waals surface area contributed by atoms with Gasteiger partial charge in [0, 0.05) is 18.5 Å². The molecule has 1 aliphatic rings. The molecule has 1 aromatic heterocycles. The fourth-order valence-corrected chi connectivity index (χ4v) is 2.45. The number of carboxylic acids is 1. The van der Waals surface area contributed by atoms with E-state index in [0.717, 1.165) is 0 Å². The zero-order chi connectivity index (χ0) is 12.0. The van der Waals surface area contributed by atoms with E-state index < -0.39 is 5.97 Å². The average molecular weight is 222 g/mol. The summed E-state index contributed by atoms with van der Waals surface area (Å²) in [5.74, 6) is -1.05. The van der Waals surface area contributed by atoms with Gasteiger partial charge in [-0.25, -0.2) is 4.79 Å². The summed E-state index contributed by atoms with van der Waals surface area (Å²) in [5.41, 5.74) is 1.08. The molecule has 2 rings (SSSR count). The quantitative estimate of drug-likeness (QED) is 0.780. The first kappa shape index (κ1) is 10.9. The van der Waals surface area contributed by atoms with Crippen molar-refractivity contribution >= 4 is 11.8 Å². The Hall–Kier alpha value is -1.65. The highest BCUT2D eigenvalue weighted by molar-refractivity contribution is 6.02. The van der Waals surface area contributed by atoms with Gasteiger partial charge in [0.2, 0.25) is 0 Å². The molecule has 16 heavy (non-hydrogen) atoms. The normalized spacial score (nSPS) is 24.3. The second-order valence-electron chi connectivity index (χ2n) is 4.44. The lowest BCUT2D eigenvalue weighted by atomic mass is 9.80. The predicted octanol–water partition coefficient (Wildman–Crippen LogP) is 1.44. The van der Waals surface area contributed by atoms with E-state index in [-0.39, 0.29) is 23.3 Å². The van der Waals surface area contributed by atoms with E-state index in [4.69, 9.17) is 5.11 Å². The number of rotatable bonds is 1. The molecule has 0 aromatic carbocycles. The minimum absolute atomic E-state index is 0.00407. The van der Waals surface area contributed by atoms with Gasteiger partial charge in [-0.1, -0.05) is 13.8 Å². The maximum atomic E-state index is 12.0. The van der Waals surface area contributed by atoms with E-state index in [1.54, 1.807) is 7.05 Å². The van der Waals surface area contributed by atoms with E-state index in [1.807, 2.05) is 13.8 Å². The van der Waals surface area contributed by atoms with Crippen LogP contribution in [0.1, 0.15) is 52.7 Å². The minimum Gasteiger partial charge on any atom is -0.476 e. The zero-order valence-corrected chi connectivity index (χ0v) is 9.52. The van der Waals surface area contributed by atoms with Crippen molar-refractivity contribution in [3.05, 3.63) is 17.0 Å². The van der Waals surface area contributed by atoms with Crippen LogP contribution in [0, 0.1) is 5.92 Å². The van der Waals surface area contributed by atoms with E-state index in [0.29, 0.717) is 17.7 Å². The van der Waals surface area contributed by atoms with Gasteiger partial charge in [-0.2, -0.15) is 5.10 Å². The molecular weight excluding hydrogens is 208 g/mol. The Balaban J connectivity index is 2.68. The number of hydrogen-bond acceptors (Lipinski definition) is 3. The van der Waals surface area contributed by atoms with Crippen LogP contribution in [-0.4, -0.2) is 26.6 Å². The maximum absolute atomic E-state index is 12.0. The second-order valence-corrected chi connectivity index (χ2v) is 4.44. The third-order valence-electron chi connectivity index (χ3n) is 3.17. The molecule has 1 aliphatic carbocycles. The first-order valence-corrected chi connectivity index (χ1v) is 5.27. The summed E-state index contributed by atoms with van der Waals surface area (Å²) in [6.45, 7) is 3.81. The smallest absolute Gasteiger partial charge is 0.356 e. The number of ketones is 1. The Morgan fingerprint density at radius 2 is 2.06 bits per heavy atom. The summed E-state index contributed by atoms with van der Waals surface area (Å²) in [6.07, 6.45) is 0.692. The van der Waals surface area contributed by atoms with Crippen LogP contribution in [0.4, 0.5) is 0 Å². The van der Waals surface area contributed by atoms with Gasteiger partial charge in [0.15, 0.2) is 11.5 Å². The molecule has 0 fully saturated rings. The van der Waals surface area contributed by atoms with Gasteiger partial charge >= 0.3 is 5.97 Å². The number of fused-ring (bicyclic) bond motifs is 1. The van der Waals surface area contributed by atoms with Gasteiger partial charge < -0.3 is 5.11 Å². The van der Waals surface area contributed by atoms with Crippen molar-refractivity contribution in [1.29, 1.82) is 0 Å². The molecule has 1 heterocycles. The molecule has 2 unspecified atom stereocenters. The number of carbonyl (C=O) groups excluding carboxylic acids is 1. The van der Waals surface area contributed by atoms with E-state index in [9.17, 15) is 9.59 Å². The van der Waals surface area contributed by atoms with Crippen LogP contribution in [0.5, 0.6) is 0 Å². The highest BCUT2D eigenvalue weighted by Gasteiger charge is 2.36. The molecular formula is C11H14N2O3. The molecule has 0 saturated heterocycles. The molecule has 0 radical (unpaired) electrons. The molecule has 0 amide bonds. The number of hydrogen-bond donors (Lipinski definition) is 1. The lowest BCUT2D eigenvalue weighted by Crippen LogP contribution is -2.24. The molecule has 86 valence electrons. The van der Waals surface area contributed by atoms with E-state index in [1.165, 1.54) is 4.68 Å². The largest absolute Gasteiger partial charge is 0.476 e. The Morgan fingerprint density at radius 3 is 2.62 bits per heavy atom. The Kier molecular flexibility index (Phi) is 2.33. The zero-order valence-electron chi connectivity index (χ0n) is 9.52. The lowest BCUT2D eigenvalue weighted by Gasteiger charge is -2.23. The number of carboxylic acid groups (broad SMARTS) is 1. The second kappa shape index (κ2) is 3.43. The third kappa shape index (κ3) is 1.35. The van der Waals surface area contributed by atoms with Gasteiger partial charge in [-0.15, -0.1) is 0 Å². The number of carbonyl (C=O) groups is 2. The number of aromatic nitrogens is 2. The molecule has 0 bridgehead atoms. The topological polar surface area (TPSA) is 72.2 Å². The van der Waals surface area contributed by atoms with E-state index >= 15 is 0 Å². The van der Waals surface area contributed by atoms with Crippen LogP contribution < -0.4 is 0 Å². The third-order valence-corrected chi connectivity index (χ3v) is 3.17. The highest BCUT2D eigenvalue weighted by atomic mass is 16.4. The van der Waals surface area contributed by atoms with Crippen LogP contribution in [0.2, 0.25) is 0 Å². The number of Topliss-reactive ketones (excluding diaryl/α,β-unsaturated/α-hetero) is 1. The summed E-state index contributed by atoms with van der Waals surface area (Å²) in [6, 6.07) is 0. The van der Waals surface area contributed by atoms with Crippen molar-refractivity contribution in [2.45, 2.75) is 26.2 Å². The van der Waals surface area contributed by atoms with Gasteiger partial charge in [0.25, 0.3) is 0 Å². The standard InChI is InChI=1S/C11H14N2O3/c1-5-4-6(2)10(14)9-7(5)8(11(15)16)12-13(9)3/h5-6H,4H2,1-3H3,(H,15,16). The maximum Gasteiger partial charge on any atom is 0.356 e. The number of aryl methyl sites for hydroxylation is 1. The molecule has 2 atom stereocenters. The summed E-state index contributed by atoms with van der Waals surface area (Å²) < 4.78 is 1.40. The van der Waals surface area contributed by atoms with Crippen LogP contribution in [-0.2, 0) is 7.05 Å². The van der Waals surface area contributed by atoms with Crippen LogP contribution >= 0.6 is 0 Å². The molecule has 5 nitrogen and oxygen atoms in total. The first-order chi connectivity index (χ1) is 7.43. The molecule has 0 saturated carbocycles. The highest BCUT2D eigenvalue weighted by Crippen LogP contribution is 2.36. The first-order valence-electron chi connectivity index (χ1n) is 5.27. The minimum atomic E-state index is -1.06. The van der Waals surface area contributed by atoms with Crippen molar-refractivity contribution in [3.8, 4) is 0 Å². The summed E-state index contributed by atoms with van der Waals surface area (Å²) in [5, 5.41) is 13.0. The number of aromatic carboxylic acids is 1. The summed E-state index contributed by atoms with van der Waals surface area (Å²) >= 11 is 0. The molecule has 1 aromatic rings.